The van der Waals surface area contributed by atoms with Gasteiger partial charge in [-0.05, 0) is 74.6 Å². The van der Waals surface area contributed by atoms with Crippen LogP contribution in [0, 0.1) is 11.8 Å². The van der Waals surface area contributed by atoms with E-state index in [9.17, 15) is 5.11 Å². The predicted molar refractivity (Wildman–Crippen MR) is 204 cm³/mol. The van der Waals surface area contributed by atoms with Crippen LogP contribution >= 0.6 is 0 Å². The molecule has 282 valence electrons. The maximum Gasteiger partial charge on any atom is 0.250 e. The van der Waals surface area contributed by atoms with Crippen LogP contribution in [0.15, 0.2) is 104 Å². The highest BCUT2D eigenvalue weighted by atomic mass is 16.5. The minimum Gasteiger partial charge on any atom is -0.494 e. The molecule has 0 saturated carbocycles. The Morgan fingerprint density at radius 3 is 2.41 bits per heavy atom. The van der Waals surface area contributed by atoms with Gasteiger partial charge >= 0.3 is 0 Å². The average Bonchev–Trinajstić information content (AvgIpc) is 3.93. The van der Waals surface area contributed by atoms with E-state index in [1.165, 1.54) is 4.90 Å². The summed E-state index contributed by atoms with van der Waals surface area (Å²) < 4.78 is 14.4. The van der Waals surface area contributed by atoms with Crippen LogP contribution in [0.3, 0.4) is 0 Å². The van der Waals surface area contributed by atoms with Crippen molar-refractivity contribution < 1.29 is 29.0 Å². The minimum atomic E-state index is -1.32. The number of likely N-dealkylation sites (tertiary alicyclic amines) is 1. The number of para-hydroxylation sites is 1. The van der Waals surface area contributed by atoms with Crippen molar-refractivity contribution in [3.63, 3.8) is 0 Å². The van der Waals surface area contributed by atoms with Crippen molar-refractivity contribution in [1.29, 1.82) is 0 Å². The molecule has 2 bridgehead atoms. The van der Waals surface area contributed by atoms with Gasteiger partial charge < -0.3 is 29.3 Å². The van der Waals surface area contributed by atoms with Gasteiger partial charge in [0.25, 0.3) is 0 Å². The largest absolute Gasteiger partial charge is 0.494 e. The number of anilines is 1. The number of carbonyl (C=O) groups excluding carboxylic acids is 3. The summed E-state index contributed by atoms with van der Waals surface area (Å²) in [4.78, 5) is 50.4. The van der Waals surface area contributed by atoms with Crippen molar-refractivity contribution >= 4 is 34.4 Å². The van der Waals surface area contributed by atoms with Crippen LogP contribution in [0.4, 0.5) is 5.69 Å². The van der Waals surface area contributed by atoms with Gasteiger partial charge in [-0.15, -0.1) is 18.3 Å². The second kappa shape index (κ2) is 15.2. The summed E-state index contributed by atoms with van der Waals surface area (Å²) in [6.45, 7) is 12.3. The Balaban J connectivity index is 1.32. The Kier molecular flexibility index (Phi) is 10.4. The Morgan fingerprint density at radius 1 is 1.00 bits per heavy atom. The van der Waals surface area contributed by atoms with Crippen LogP contribution in [0.2, 0.25) is 0 Å². The molecule has 54 heavy (non-hydrogen) atoms. The predicted octanol–water partition coefficient (Wildman–Crippen LogP) is 4.78. The molecule has 3 saturated heterocycles. The number of amides is 3. The van der Waals surface area contributed by atoms with Crippen LogP contribution in [-0.2, 0) is 32.2 Å². The first-order valence-corrected chi connectivity index (χ1v) is 18.8. The van der Waals surface area contributed by atoms with E-state index >= 15 is 14.4 Å². The first-order valence-electron chi connectivity index (χ1n) is 18.8. The van der Waals surface area contributed by atoms with E-state index in [4.69, 9.17) is 9.47 Å². The van der Waals surface area contributed by atoms with E-state index in [1.807, 2.05) is 92.7 Å². The lowest BCUT2D eigenvalue weighted by Crippen LogP contribution is -2.59. The van der Waals surface area contributed by atoms with Crippen molar-refractivity contribution in [3.05, 3.63) is 110 Å². The van der Waals surface area contributed by atoms with Gasteiger partial charge in [-0.1, -0.05) is 66.8 Å². The van der Waals surface area contributed by atoms with Crippen molar-refractivity contribution in [2.24, 2.45) is 11.8 Å². The molecule has 1 N–H and O–H groups in total. The summed E-state index contributed by atoms with van der Waals surface area (Å²) in [5.74, 6) is -2.18. The first kappa shape index (κ1) is 37.0. The lowest BCUT2D eigenvalue weighted by atomic mass is 9.64. The number of nitrogens with zero attached hydrogens (tertiary/aromatic N) is 6. The Labute approximate surface area is 315 Å². The second-order valence-corrected chi connectivity index (χ2v) is 14.3. The van der Waals surface area contributed by atoms with Gasteiger partial charge in [0, 0.05) is 18.8 Å². The number of hydrogen-bond acceptors (Lipinski definition) is 8. The molecule has 0 radical (unpaired) electrons. The third-order valence-corrected chi connectivity index (χ3v) is 11.5. The number of hydrogen-bond donors (Lipinski definition) is 1. The molecule has 3 aliphatic rings. The smallest absolute Gasteiger partial charge is 0.250 e. The summed E-state index contributed by atoms with van der Waals surface area (Å²) in [5.41, 5.74) is 0.665. The molecular weight excluding hydrogens is 684 g/mol. The number of rotatable bonds is 16. The van der Waals surface area contributed by atoms with Crippen LogP contribution in [0.5, 0.6) is 5.75 Å². The molecule has 3 aliphatic heterocycles. The average molecular weight is 733 g/mol. The van der Waals surface area contributed by atoms with Gasteiger partial charge in [0.2, 0.25) is 17.7 Å². The molecule has 4 aromatic rings. The maximum atomic E-state index is 15.3. The highest BCUT2D eigenvalue weighted by molar-refractivity contribution is 6.03. The molecule has 0 aliphatic carbocycles. The summed E-state index contributed by atoms with van der Waals surface area (Å²) in [7, 11) is 0. The molecule has 3 aromatic carbocycles. The fraction of sp³-hybridized carbons (Fsp3) is 0.405. The third kappa shape index (κ3) is 6.16. The first-order chi connectivity index (χ1) is 26.2. The van der Waals surface area contributed by atoms with E-state index in [0.717, 1.165) is 11.1 Å². The molecule has 12 nitrogen and oxygen atoms in total. The molecule has 3 amide bonds. The quantitative estimate of drug-likeness (QED) is 0.163. The Morgan fingerprint density at radius 2 is 1.72 bits per heavy atom. The van der Waals surface area contributed by atoms with E-state index < -0.39 is 41.7 Å². The zero-order valence-corrected chi connectivity index (χ0v) is 30.9. The van der Waals surface area contributed by atoms with Crippen molar-refractivity contribution in [2.45, 2.75) is 69.5 Å². The van der Waals surface area contributed by atoms with E-state index in [2.05, 4.69) is 23.5 Å². The highest BCUT2D eigenvalue weighted by Crippen LogP contribution is 2.65. The van der Waals surface area contributed by atoms with E-state index in [-0.39, 0.29) is 37.5 Å². The maximum absolute atomic E-state index is 15.3. The van der Waals surface area contributed by atoms with E-state index in [1.54, 1.807) is 26.6 Å². The number of ether oxygens (including phenoxy) is 2. The summed E-state index contributed by atoms with van der Waals surface area (Å²) in [5, 5.41) is 19.6. The van der Waals surface area contributed by atoms with Crippen LogP contribution in [0.1, 0.15) is 38.7 Å². The van der Waals surface area contributed by atoms with Crippen molar-refractivity contribution in [1.82, 2.24) is 24.8 Å². The molecule has 6 atom stereocenters. The summed E-state index contributed by atoms with van der Waals surface area (Å²) in [6, 6.07) is 22.5. The summed E-state index contributed by atoms with van der Waals surface area (Å²) >= 11 is 0. The third-order valence-electron chi connectivity index (χ3n) is 11.5. The Hall–Kier alpha value is -5.33. The summed E-state index contributed by atoms with van der Waals surface area (Å²) in [6.07, 6.45) is 4.96. The van der Waals surface area contributed by atoms with Gasteiger partial charge in [0.05, 0.1) is 42.2 Å². The zero-order chi connectivity index (χ0) is 38.0. The van der Waals surface area contributed by atoms with Gasteiger partial charge in [0.1, 0.15) is 29.6 Å². The van der Waals surface area contributed by atoms with Gasteiger partial charge in [-0.2, -0.15) is 0 Å². The molecule has 1 aromatic heterocycles. The molecule has 7 rings (SSSR count). The Bertz CT molecular complexity index is 2020. The lowest BCUT2D eigenvalue weighted by molar-refractivity contribution is -0.157. The minimum absolute atomic E-state index is 0.0409. The van der Waals surface area contributed by atoms with Gasteiger partial charge in [0.15, 0.2) is 0 Å². The fourth-order valence-electron chi connectivity index (χ4n) is 9.08. The lowest BCUT2D eigenvalue weighted by Gasteiger charge is -2.39. The van der Waals surface area contributed by atoms with E-state index in [0.29, 0.717) is 49.2 Å². The molecular formula is C42H48N6O6. The standard InChI is InChI=1S/C42H48N6O6/c1-5-24-45(28-47-34-17-13-12-16-33(34)43-44-47)40(52)37-42-23-22-41(7-3,54-42)35(38(50)46(25-6-2)30-18-20-32(21-19-30)53-8-4)36(42)39(51)48(37)31(27-49)26-29-14-10-9-11-15-29/h5-6,9-21,31,35-37,49H,1-2,7-8,22-28H2,3-4H3/t31-,35+,36+,37?,41-,42?/m1/s1. The van der Waals surface area contributed by atoms with Gasteiger partial charge in [-0.3, -0.25) is 14.4 Å². The number of aliphatic hydroxyl groups is 1. The number of benzene rings is 3. The molecule has 4 heterocycles. The zero-order valence-electron chi connectivity index (χ0n) is 30.9. The molecule has 3 fully saturated rings. The fourth-order valence-corrected chi connectivity index (χ4v) is 9.08. The molecule has 1 spiro atoms. The number of aromatic nitrogens is 3. The second-order valence-electron chi connectivity index (χ2n) is 14.3. The topological polar surface area (TPSA) is 130 Å². The van der Waals surface area contributed by atoms with Crippen molar-refractivity contribution in [2.75, 3.05) is 31.2 Å². The van der Waals surface area contributed by atoms with Gasteiger partial charge in [-0.25, -0.2) is 4.68 Å². The van der Waals surface area contributed by atoms with Crippen LogP contribution < -0.4 is 9.64 Å². The molecule has 2 unspecified atom stereocenters. The van der Waals surface area contributed by atoms with Crippen LogP contribution in [0.25, 0.3) is 11.0 Å². The SMILES string of the molecule is C=CCN(Cn1nnc2ccccc21)C(=O)C1N([C@@H](CO)Cc2ccccc2)C(=O)[C@@H]2[C@@H](C(=O)N(CC=C)c3ccc(OCC)cc3)[C@@]3(CC)CCC12O3. The van der Waals surface area contributed by atoms with Crippen LogP contribution in [-0.4, -0.2) is 97.2 Å². The number of fused-ring (bicyclic) bond motifs is 2. The normalized spacial score (nSPS) is 24.7. The monoisotopic (exact) mass is 732 g/mol. The molecule has 12 heteroatoms. The van der Waals surface area contributed by atoms with Crippen molar-refractivity contribution in [3.8, 4) is 5.75 Å². The number of carbonyl (C=O) groups is 3. The highest BCUT2D eigenvalue weighted by Gasteiger charge is 2.79. The number of aliphatic hydroxyl groups excluding tert-OH is 1.